The Kier molecular flexibility index (Phi) is 5.62. The summed E-state index contributed by atoms with van der Waals surface area (Å²) in [5.74, 6) is 0.711. The summed E-state index contributed by atoms with van der Waals surface area (Å²) in [4.78, 5) is 30.6. The van der Waals surface area contributed by atoms with E-state index >= 15 is 0 Å². The lowest BCUT2D eigenvalue weighted by molar-refractivity contribution is -0.137. The van der Waals surface area contributed by atoms with Crippen molar-refractivity contribution in [1.29, 1.82) is 0 Å². The first kappa shape index (κ1) is 23.0. The second-order valence-corrected chi connectivity index (χ2v) is 11.3. The van der Waals surface area contributed by atoms with E-state index in [-0.39, 0.29) is 23.7 Å². The molecule has 0 atom stereocenters. The van der Waals surface area contributed by atoms with Crippen molar-refractivity contribution < 1.29 is 19.1 Å². The van der Waals surface area contributed by atoms with Gasteiger partial charge in [-0.3, -0.25) is 14.5 Å². The van der Waals surface area contributed by atoms with Crippen molar-refractivity contribution in [2.24, 2.45) is 0 Å². The van der Waals surface area contributed by atoms with Crippen LogP contribution in [0.15, 0.2) is 46.4 Å². The topological polar surface area (TPSA) is 59.1 Å². The molecule has 0 bridgehead atoms. The van der Waals surface area contributed by atoms with Crippen molar-refractivity contribution >= 4 is 33.2 Å². The van der Waals surface area contributed by atoms with Crippen molar-refractivity contribution in [1.82, 2.24) is 9.80 Å². The Morgan fingerprint density at radius 1 is 1.09 bits per heavy atom. The van der Waals surface area contributed by atoms with Gasteiger partial charge in [0.05, 0.1) is 19.3 Å². The van der Waals surface area contributed by atoms with E-state index in [4.69, 9.17) is 9.47 Å². The summed E-state index contributed by atoms with van der Waals surface area (Å²) in [7, 11) is 0. The summed E-state index contributed by atoms with van der Waals surface area (Å²) in [5, 5.41) is 0. The van der Waals surface area contributed by atoms with Crippen molar-refractivity contribution in [3.05, 3.63) is 68.7 Å². The van der Waals surface area contributed by atoms with Gasteiger partial charge in [-0.05, 0) is 59.0 Å². The number of halogens is 1. The smallest absolute Gasteiger partial charge is 0.260 e. The standard InChI is InChI=1S/C28H29BrN2O4/c1-28(2)23-13-20(35-16-25(32)31-9-7-30(8-10-31)19-14-34-15-19)4-6-22(23)27(33)26-21-5-3-18(29)11-17(21)12-24(26)28/h3-6,11,13,19H,7-10,12,14-16H2,1-2H3. The van der Waals surface area contributed by atoms with Gasteiger partial charge in [-0.25, -0.2) is 0 Å². The maximum Gasteiger partial charge on any atom is 0.260 e. The van der Waals surface area contributed by atoms with Crippen molar-refractivity contribution in [2.45, 2.75) is 31.7 Å². The third kappa shape index (κ3) is 3.85. The number of fused-ring (bicyclic) bond motifs is 3. The van der Waals surface area contributed by atoms with E-state index in [2.05, 4.69) is 40.7 Å². The maximum absolute atomic E-state index is 13.5. The third-order valence-electron chi connectivity index (χ3n) is 8.06. The van der Waals surface area contributed by atoms with Gasteiger partial charge >= 0.3 is 0 Å². The molecular formula is C28H29BrN2O4. The van der Waals surface area contributed by atoms with Crippen LogP contribution in [0.1, 0.15) is 40.9 Å². The number of carbonyl (C=O) groups is 2. The number of ether oxygens (including phenoxy) is 2. The molecule has 6 nitrogen and oxygen atoms in total. The fourth-order valence-corrected chi connectivity index (χ4v) is 6.23. The highest BCUT2D eigenvalue weighted by molar-refractivity contribution is 9.10. The van der Waals surface area contributed by atoms with Gasteiger partial charge in [-0.15, -0.1) is 0 Å². The Hall–Kier alpha value is -2.48. The molecule has 2 aromatic rings. The van der Waals surface area contributed by atoms with Crippen molar-refractivity contribution in [3.63, 3.8) is 0 Å². The van der Waals surface area contributed by atoms with Gasteiger partial charge in [0, 0.05) is 47.2 Å². The molecule has 7 heteroatoms. The summed E-state index contributed by atoms with van der Waals surface area (Å²) >= 11 is 3.56. The van der Waals surface area contributed by atoms with Crippen LogP contribution in [-0.2, 0) is 21.4 Å². The molecule has 182 valence electrons. The summed E-state index contributed by atoms with van der Waals surface area (Å²) in [6.07, 6.45) is 0.769. The number of carbonyl (C=O) groups excluding carboxylic acids is 2. The first-order valence-electron chi connectivity index (χ1n) is 12.3. The predicted molar refractivity (Wildman–Crippen MR) is 137 cm³/mol. The van der Waals surface area contributed by atoms with Gasteiger partial charge in [0.2, 0.25) is 0 Å². The summed E-state index contributed by atoms with van der Waals surface area (Å²) in [6.45, 7) is 9.17. The Morgan fingerprint density at radius 2 is 1.83 bits per heavy atom. The molecule has 0 unspecified atom stereocenters. The van der Waals surface area contributed by atoms with Crippen LogP contribution in [0.25, 0.3) is 5.57 Å². The van der Waals surface area contributed by atoms with Gasteiger partial charge < -0.3 is 14.4 Å². The average Bonchev–Trinajstić information content (AvgIpc) is 3.20. The first-order chi connectivity index (χ1) is 16.8. The number of benzene rings is 2. The molecule has 6 rings (SSSR count). The second kappa shape index (κ2) is 8.57. The number of piperazine rings is 1. The van der Waals surface area contributed by atoms with Crippen LogP contribution >= 0.6 is 15.9 Å². The third-order valence-corrected chi connectivity index (χ3v) is 8.56. The normalized spacial score (nSPS) is 21.3. The van der Waals surface area contributed by atoms with E-state index < -0.39 is 0 Å². The van der Waals surface area contributed by atoms with Gasteiger partial charge in [-0.2, -0.15) is 0 Å². The van der Waals surface area contributed by atoms with E-state index in [9.17, 15) is 9.59 Å². The molecule has 4 aliphatic rings. The Bertz CT molecular complexity index is 1260. The Balaban J connectivity index is 1.16. The number of ketones is 1. The number of Topliss-reactive ketones (excluding diaryl/α,β-unsaturated/α-hetero) is 1. The first-order valence-corrected chi connectivity index (χ1v) is 13.1. The zero-order valence-electron chi connectivity index (χ0n) is 20.1. The molecule has 2 aliphatic heterocycles. The predicted octanol–water partition coefficient (Wildman–Crippen LogP) is 3.85. The number of allylic oxidation sites excluding steroid dienone is 2. The highest BCUT2D eigenvalue weighted by atomic mass is 79.9. The van der Waals surface area contributed by atoms with E-state index in [1.165, 1.54) is 5.56 Å². The monoisotopic (exact) mass is 536 g/mol. The van der Waals surface area contributed by atoms with Crippen LogP contribution in [0.4, 0.5) is 0 Å². The van der Waals surface area contributed by atoms with Crippen molar-refractivity contribution in [2.75, 3.05) is 46.0 Å². The minimum atomic E-state index is -0.310. The molecule has 0 saturated carbocycles. The van der Waals surface area contributed by atoms with Crippen LogP contribution < -0.4 is 4.74 Å². The van der Waals surface area contributed by atoms with Crippen LogP contribution in [-0.4, -0.2) is 73.5 Å². The molecule has 1 amide bonds. The lowest BCUT2D eigenvalue weighted by atomic mass is 9.68. The van der Waals surface area contributed by atoms with Gasteiger partial charge in [0.25, 0.3) is 5.91 Å². The zero-order valence-corrected chi connectivity index (χ0v) is 21.7. The Morgan fingerprint density at radius 3 is 2.54 bits per heavy atom. The molecule has 2 heterocycles. The molecular weight excluding hydrogens is 508 g/mol. The van der Waals surface area contributed by atoms with E-state index in [1.54, 1.807) is 0 Å². The Labute approximate surface area is 214 Å². The van der Waals surface area contributed by atoms with E-state index in [0.717, 1.165) is 78.1 Å². The zero-order chi connectivity index (χ0) is 24.3. The number of hydrogen-bond donors (Lipinski definition) is 0. The summed E-state index contributed by atoms with van der Waals surface area (Å²) in [6, 6.07) is 12.3. The molecule has 2 aliphatic carbocycles. The van der Waals surface area contributed by atoms with Gasteiger partial charge in [-0.1, -0.05) is 35.8 Å². The molecule has 0 radical (unpaired) electrons. The summed E-state index contributed by atoms with van der Waals surface area (Å²) < 4.78 is 12.3. The SMILES string of the molecule is CC1(C)C2=C(C(=O)c3ccc(OCC(=O)N4CCN(C5COC5)CC4)cc31)c1ccc(Br)cc1C2. The molecule has 2 fully saturated rings. The number of hydrogen-bond acceptors (Lipinski definition) is 5. The van der Waals surface area contributed by atoms with E-state index in [0.29, 0.717) is 11.8 Å². The fraction of sp³-hybridized carbons (Fsp3) is 0.429. The lowest BCUT2D eigenvalue weighted by Gasteiger charge is -2.42. The minimum Gasteiger partial charge on any atom is -0.484 e. The average molecular weight is 537 g/mol. The second-order valence-electron chi connectivity index (χ2n) is 10.4. The van der Waals surface area contributed by atoms with Crippen LogP contribution in [0.5, 0.6) is 5.75 Å². The highest BCUT2D eigenvalue weighted by Gasteiger charge is 2.43. The lowest BCUT2D eigenvalue weighted by Crippen LogP contribution is -2.57. The van der Waals surface area contributed by atoms with Crippen molar-refractivity contribution in [3.8, 4) is 5.75 Å². The van der Waals surface area contributed by atoms with Crippen LogP contribution in [0, 0.1) is 0 Å². The highest BCUT2D eigenvalue weighted by Crippen LogP contribution is 2.50. The molecule has 35 heavy (non-hydrogen) atoms. The van der Waals surface area contributed by atoms with Crippen LogP contribution in [0.2, 0.25) is 0 Å². The molecule has 0 aromatic heterocycles. The quantitative estimate of drug-likeness (QED) is 0.593. The number of amides is 1. The van der Waals surface area contributed by atoms with Gasteiger partial charge in [0.1, 0.15) is 5.75 Å². The molecule has 2 saturated heterocycles. The van der Waals surface area contributed by atoms with E-state index in [1.807, 2.05) is 35.2 Å². The van der Waals surface area contributed by atoms with Crippen LogP contribution in [0.3, 0.4) is 0 Å². The molecule has 0 spiro atoms. The number of rotatable bonds is 4. The fourth-order valence-electron chi connectivity index (χ4n) is 5.82. The number of nitrogens with zero attached hydrogens (tertiary/aromatic N) is 2. The minimum absolute atomic E-state index is 0.00406. The maximum atomic E-state index is 13.5. The van der Waals surface area contributed by atoms with Gasteiger partial charge in [0.15, 0.2) is 12.4 Å². The molecule has 2 aromatic carbocycles. The molecule has 0 N–H and O–H groups in total. The summed E-state index contributed by atoms with van der Waals surface area (Å²) in [5.41, 5.74) is 5.62. The largest absolute Gasteiger partial charge is 0.484 e.